The average Bonchev–Trinajstić information content (AvgIpc) is 3.86. The summed E-state index contributed by atoms with van der Waals surface area (Å²) in [5, 5.41) is 28.0. The molecule has 0 saturated carbocycles. The Balaban J connectivity index is 1.31. The summed E-state index contributed by atoms with van der Waals surface area (Å²) in [6.07, 6.45) is 9.95. The molecule has 2 aromatic carbocycles. The van der Waals surface area contributed by atoms with Crippen molar-refractivity contribution in [3.05, 3.63) is 71.5 Å². The summed E-state index contributed by atoms with van der Waals surface area (Å²) in [7, 11) is 3.08. The number of hydrazine groups is 1. The molecule has 4 aromatic rings. The average molecular weight is 918 g/mol. The lowest BCUT2D eigenvalue weighted by molar-refractivity contribution is -0.156. The van der Waals surface area contributed by atoms with Crippen molar-refractivity contribution >= 4 is 40.5 Å². The number of aliphatic hydroxyl groups is 1. The van der Waals surface area contributed by atoms with E-state index in [1.54, 1.807) is 39.3 Å². The van der Waals surface area contributed by atoms with Gasteiger partial charge >= 0.3 is 5.97 Å². The molecule has 67 heavy (non-hydrogen) atoms. The number of phenolic OH excluding ortho intramolecular Hbond substituents is 1. The summed E-state index contributed by atoms with van der Waals surface area (Å²) in [6.45, 7) is 12.4. The predicted molar refractivity (Wildman–Crippen MR) is 252 cm³/mol. The van der Waals surface area contributed by atoms with E-state index in [0.717, 1.165) is 43.8 Å². The number of methoxy groups -OCH3 is 1. The predicted octanol–water partition coefficient (Wildman–Crippen LogP) is 4.53. The second kappa shape index (κ2) is 19.5. The number of hydrogen-bond acceptors (Lipinski definition) is 11. The molecule has 2 saturated heterocycles. The number of β-amino-alcohol motifs (C(OH)–C–C–N with tert-alkyl or cyclic N) is 1. The van der Waals surface area contributed by atoms with Crippen LogP contribution < -0.4 is 10.7 Å². The molecular weight excluding hydrogens is 855 g/mol. The molecule has 4 N–H and O–H groups in total. The molecule has 7 rings (SSSR count). The largest absolute Gasteiger partial charge is 0.508 e. The van der Waals surface area contributed by atoms with Crippen molar-refractivity contribution < 1.29 is 43.7 Å². The zero-order chi connectivity index (χ0) is 48.5. The van der Waals surface area contributed by atoms with E-state index in [-0.39, 0.29) is 50.9 Å². The topological polar surface area (TPSA) is 196 Å². The van der Waals surface area contributed by atoms with Gasteiger partial charge in [-0.2, -0.15) is 0 Å². The highest BCUT2D eigenvalue weighted by molar-refractivity contribution is 5.98. The smallest absolute Gasteiger partial charge is 0.324 e. The highest BCUT2D eigenvalue weighted by Crippen LogP contribution is 2.42. The second-order valence-corrected chi connectivity index (χ2v) is 19.3. The third kappa shape index (κ3) is 9.91. The lowest BCUT2D eigenvalue weighted by Gasteiger charge is -2.37. The third-order valence-electron chi connectivity index (χ3n) is 13.4. The van der Waals surface area contributed by atoms with Gasteiger partial charge in [-0.15, -0.1) is 6.42 Å². The molecule has 2 aromatic heterocycles. The fraction of sp³-hybridized carbons (Fsp3) is 0.490. The van der Waals surface area contributed by atoms with Crippen molar-refractivity contribution in [1.29, 1.82) is 0 Å². The molecule has 16 heteroatoms. The molecule has 3 aliphatic rings. The highest BCUT2D eigenvalue weighted by Gasteiger charge is 2.48. The van der Waals surface area contributed by atoms with Gasteiger partial charge < -0.3 is 39.4 Å². The zero-order valence-corrected chi connectivity index (χ0v) is 39.7. The Morgan fingerprint density at radius 2 is 1.87 bits per heavy atom. The monoisotopic (exact) mass is 917 g/mol. The Morgan fingerprint density at radius 3 is 2.57 bits per heavy atom. The van der Waals surface area contributed by atoms with Crippen molar-refractivity contribution in [2.24, 2.45) is 11.3 Å². The number of pyridine rings is 1. The lowest BCUT2D eigenvalue weighted by atomic mass is 9.84. The van der Waals surface area contributed by atoms with Crippen LogP contribution in [0.4, 0.5) is 0 Å². The molecule has 5 heterocycles. The SMILES string of the molecule is C#CC(=O)N1CCC(O)(C(=O)N(C)[C@H](C(=O)N[C@H]2Cc3cc(O)cc(c3)-c3ccc4c(c3)c(c(-c3cnccc3[C@H](C)OC)n4CC)CC(C)(C)COC(=O)[C@@H]3CCCN(N3)C2=O)C(C)C)C1. The molecule has 16 nitrogen and oxygen atoms in total. The van der Waals surface area contributed by atoms with Crippen LogP contribution >= 0.6 is 0 Å². The van der Waals surface area contributed by atoms with Gasteiger partial charge in [0.05, 0.1) is 24.9 Å². The van der Waals surface area contributed by atoms with Gasteiger partial charge in [0.15, 0.2) is 5.60 Å². The molecule has 4 amide bonds. The lowest BCUT2D eigenvalue weighted by Crippen LogP contribution is -2.63. The number of aromatic hydroxyl groups is 1. The number of nitrogens with one attached hydrogen (secondary N) is 2. The van der Waals surface area contributed by atoms with Crippen LogP contribution in [0.3, 0.4) is 0 Å². The van der Waals surface area contributed by atoms with Crippen molar-refractivity contribution in [1.82, 2.24) is 35.1 Å². The van der Waals surface area contributed by atoms with Crippen LogP contribution in [-0.4, -0.2) is 128 Å². The van der Waals surface area contributed by atoms with Crippen LogP contribution in [0.1, 0.15) is 83.6 Å². The van der Waals surface area contributed by atoms with Crippen LogP contribution in [-0.2, 0) is 52.8 Å². The fourth-order valence-electron chi connectivity index (χ4n) is 9.97. The van der Waals surface area contributed by atoms with Crippen LogP contribution in [0.25, 0.3) is 33.3 Å². The molecule has 0 aliphatic carbocycles. The first kappa shape index (κ1) is 48.6. The zero-order valence-electron chi connectivity index (χ0n) is 39.7. The summed E-state index contributed by atoms with van der Waals surface area (Å²) in [4.78, 5) is 76.3. The Morgan fingerprint density at radius 1 is 1.10 bits per heavy atom. The maximum absolute atomic E-state index is 14.7. The number of ether oxygens (including phenoxy) is 2. The number of likely N-dealkylation sites (N-methyl/N-ethyl adjacent to an activating group) is 1. The van der Waals surface area contributed by atoms with E-state index in [2.05, 4.69) is 53.2 Å². The number of aromatic nitrogens is 2. The van der Waals surface area contributed by atoms with Gasteiger partial charge in [0, 0.05) is 80.9 Å². The minimum absolute atomic E-state index is 0.0484. The first-order chi connectivity index (χ1) is 31.8. The van der Waals surface area contributed by atoms with E-state index in [1.807, 2.05) is 37.2 Å². The van der Waals surface area contributed by atoms with E-state index >= 15 is 0 Å². The number of nitrogens with zero attached hydrogens (tertiary/aromatic N) is 5. The number of phenols is 1. The fourth-order valence-corrected chi connectivity index (χ4v) is 9.97. The van der Waals surface area contributed by atoms with Crippen molar-refractivity contribution in [3.8, 4) is 40.5 Å². The molecule has 5 atom stereocenters. The van der Waals surface area contributed by atoms with E-state index in [4.69, 9.17) is 15.9 Å². The Labute approximate surface area is 391 Å². The van der Waals surface area contributed by atoms with Crippen LogP contribution in [0.2, 0.25) is 0 Å². The van der Waals surface area contributed by atoms with E-state index in [9.17, 15) is 34.2 Å². The number of benzene rings is 2. The second-order valence-electron chi connectivity index (χ2n) is 19.3. The minimum atomic E-state index is -1.98. The molecule has 1 unspecified atom stereocenters. The van der Waals surface area contributed by atoms with Gasteiger partial charge in [0.25, 0.3) is 17.7 Å². The molecule has 0 spiro atoms. The van der Waals surface area contributed by atoms with Gasteiger partial charge in [-0.25, -0.2) is 5.43 Å². The standard InChI is InChI=1S/C51H63N7O9/c1-10-43(60)56-20-17-51(65,28-56)49(64)55(8)44(30(3)4)46(61)53-41-23-32-21-34(24-35(59)22-32)33-14-15-42-37(25-33)38(45(57(42)11-2)39-27-52-18-16-36(39)31(5)66-9)26-50(6,7)29-67-48(63)40-13-12-19-58(54-40)47(41)62/h1,14-16,18,21-22,24-25,27,30-31,40-41,44,54,59,65H,11-13,17,19-20,23,26,28-29H2,2-9H3,(H,53,61)/t31-,40-,41-,44-,51?/m0/s1. The number of likely N-dealkylation sites (tertiary alicyclic amines) is 1. The van der Waals surface area contributed by atoms with Crippen LogP contribution in [0, 0.1) is 23.7 Å². The first-order valence-electron chi connectivity index (χ1n) is 23.0. The number of amides is 4. The number of carbonyl (C=O) groups excluding carboxylic acids is 5. The quantitative estimate of drug-likeness (QED) is 0.136. The number of rotatable bonds is 9. The molecule has 6 bridgehead atoms. The number of carbonyl (C=O) groups is 5. The molecule has 3 aliphatic heterocycles. The van der Waals surface area contributed by atoms with Crippen molar-refractivity contribution in [2.75, 3.05) is 40.4 Å². The summed E-state index contributed by atoms with van der Waals surface area (Å²) >= 11 is 0. The van der Waals surface area contributed by atoms with Crippen LogP contribution in [0.15, 0.2) is 54.9 Å². The molecule has 356 valence electrons. The van der Waals surface area contributed by atoms with Crippen molar-refractivity contribution in [3.63, 3.8) is 0 Å². The Hall–Kier alpha value is -6.28. The van der Waals surface area contributed by atoms with Crippen molar-refractivity contribution in [2.45, 2.75) is 110 Å². The summed E-state index contributed by atoms with van der Waals surface area (Å²) < 4.78 is 14.2. The summed E-state index contributed by atoms with van der Waals surface area (Å²) in [5.41, 5.74) is 7.47. The van der Waals surface area contributed by atoms with Gasteiger partial charge in [0.2, 0.25) is 5.91 Å². The van der Waals surface area contributed by atoms with Gasteiger partial charge in [-0.1, -0.05) is 39.8 Å². The summed E-state index contributed by atoms with van der Waals surface area (Å²) in [6, 6.07) is 9.97. The maximum Gasteiger partial charge on any atom is 0.324 e. The Kier molecular flexibility index (Phi) is 14.2. The van der Waals surface area contributed by atoms with E-state index in [1.165, 1.54) is 17.0 Å². The number of cyclic esters (lactones) is 1. The Bertz CT molecular complexity index is 2620. The van der Waals surface area contributed by atoms with Crippen LogP contribution in [0.5, 0.6) is 5.75 Å². The van der Waals surface area contributed by atoms with Gasteiger partial charge in [-0.05, 0) is 103 Å². The molecule has 0 radical (unpaired) electrons. The van der Waals surface area contributed by atoms with E-state index in [0.29, 0.717) is 36.9 Å². The minimum Gasteiger partial charge on any atom is -0.508 e. The number of terminal acetylenes is 1. The van der Waals surface area contributed by atoms with Gasteiger partial charge in [0.1, 0.15) is 23.9 Å². The van der Waals surface area contributed by atoms with E-state index < -0.39 is 64.7 Å². The third-order valence-corrected chi connectivity index (χ3v) is 13.4. The highest BCUT2D eigenvalue weighted by atomic mass is 16.5. The number of fused-ring (bicyclic) bond motifs is 6. The first-order valence-corrected chi connectivity index (χ1v) is 23.0. The molecule has 2 fully saturated rings. The normalized spacial score (nSPS) is 21.9. The number of hydrogen-bond donors (Lipinski definition) is 4. The summed E-state index contributed by atoms with van der Waals surface area (Å²) in [5.74, 6) is -1.66. The number of esters is 1. The maximum atomic E-state index is 14.7. The number of aryl methyl sites for hydroxylation is 1. The molecular formula is C51H63N7O9. The van der Waals surface area contributed by atoms with Gasteiger partial charge in [-0.3, -0.25) is 34.0 Å².